The molecule has 0 fully saturated rings. The standard InChI is InChI=1S/C13H21NO2/c1-3-9-14-10-11-16-13-8-6-5-7-12(13)15-4-2/h5-8,14H,3-4,9-11H2,1-2H3. The summed E-state index contributed by atoms with van der Waals surface area (Å²) in [7, 11) is 0. The van der Waals surface area contributed by atoms with Crippen molar-refractivity contribution < 1.29 is 9.47 Å². The summed E-state index contributed by atoms with van der Waals surface area (Å²) in [4.78, 5) is 0. The Kier molecular flexibility index (Phi) is 6.42. The lowest BCUT2D eigenvalue weighted by molar-refractivity contribution is 0.276. The van der Waals surface area contributed by atoms with Crippen molar-refractivity contribution in [2.24, 2.45) is 0 Å². The predicted octanol–water partition coefficient (Wildman–Crippen LogP) is 2.46. The Labute approximate surface area is 97.8 Å². The summed E-state index contributed by atoms with van der Waals surface area (Å²) in [6, 6.07) is 7.77. The molecule has 0 saturated carbocycles. The van der Waals surface area contributed by atoms with Crippen LogP contribution in [0.1, 0.15) is 20.3 Å². The van der Waals surface area contributed by atoms with E-state index in [1.165, 1.54) is 0 Å². The smallest absolute Gasteiger partial charge is 0.161 e. The highest BCUT2D eigenvalue weighted by molar-refractivity contribution is 5.39. The maximum atomic E-state index is 5.65. The van der Waals surface area contributed by atoms with Gasteiger partial charge < -0.3 is 14.8 Å². The molecule has 0 aliphatic carbocycles. The highest BCUT2D eigenvalue weighted by Gasteiger charge is 2.02. The van der Waals surface area contributed by atoms with E-state index in [9.17, 15) is 0 Å². The molecular weight excluding hydrogens is 202 g/mol. The lowest BCUT2D eigenvalue weighted by atomic mass is 10.3. The van der Waals surface area contributed by atoms with Crippen LogP contribution < -0.4 is 14.8 Å². The second-order valence-electron chi connectivity index (χ2n) is 3.48. The Morgan fingerprint density at radius 2 is 1.69 bits per heavy atom. The predicted molar refractivity (Wildman–Crippen MR) is 66.3 cm³/mol. The second-order valence-corrected chi connectivity index (χ2v) is 3.48. The molecule has 16 heavy (non-hydrogen) atoms. The van der Waals surface area contributed by atoms with Crippen LogP contribution in [-0.4, -0.2) is 26.3 Å². The molecule has 0 aliphatic rings. The molecule has 0 aromatic heterocycles. The van der Waals surface area contributed by atoms with Crippen LogP contribution in [0.2, 0.25) is 0 Å². The van der Waals surface area contributed by atoms with Gasteiger partial charge >= 0.3 is 0 Å². The minimum atomic E-state index is 0.661. The summed E-state index contributed by atoms with van der Waals surface area (Å²) in [5.41, 5.74) is 0. The van der Waals surface area contributed by atoms with Crippen molar-refractivity contribution in [1.29, 1.82) is 0 Å². The van der Waals surface area contributed by atoms with Gasteiger partial charge in [0.15, 0.2) is 11.5 Å². The first-order valence-electron chi connectivity index (χ1n) is 5.93. The van der Waals surface area contributed by atoms with Gasteiger partial charge in [-0.25, -0.2) is 0 Å². The highest BCUT2D eigenvalue weighted by atomic mass is 16.5. The number of hydrogen-bond donors (Lipinski definition) is 1. The summed E-state index contributed by atoms with van der Waals surface area (Å²) in [6.07, 6.45) is 1.15. The van der Waals surface area contributed by atoms with Gasteiger partial charge in [0.05, 0.1) is 6.61 Å². The van der Waals surface area contributed by atoms with Gasteiger partial charge in [0.25, 0.3) is 0 Å². The van der Waals surface area contributed by atoms with Crippen LogP contribution in [0.25, 0.3) is 0 Å². The van der Waals surface area contributed by atoms with Crippen LogP contribution in [0, 0.1) is 0 Å². The van der Waals surface area contributed by atoms with Crippen molar-refractivity contribution >= 4 is 0 Å². The van der Waals surface area contributed by atoms with Crippen molar-refractivity contribution in [3.8, 4) is 11.5 Å². The van der Waals surface area contributed by atoms with Gasteiger partial charge in [-0.05, 0) is 32.0 Å². The minimum Gasteiger partial charge on any atom is -0.490 e. The molecule has 3 nitrogen and oxygen atoms in total. The van der Waals surface area contributed by atoms with Gasteiger partial charge in [-0.15, -0.1) is 0 Å². The molecule has 3 heteroatoms. The molecule has 1 N–H and O–H groups in total. The molecule has 90 valence electrons. The molecule has 0 radical (unpaired) electrons. The van der Waals surface area contributed by atoms with Crippen molar-refractivity contribution in [3.63, 3.8) is 0 Å². The number of benzene rings is 1. The molecule has 0 saturated heterocycles. The Morgan fingerprint density at radius 1 is 1.00 bits per heavy atom. The van der Waals surface area contributed by atoms with Crippen molar-refractivity contribution in [2.45, 2.75) is 20.3 Å². The topological polar surface area (TPSA) is 30.5 Å². The van der Waals surface area contributed by atoms with Crippen LogP contribution in [0.3, 0.4) is 0 Å². The maximum absolute atomic E-state index is 5.65. The van der Waals surface area contributed by atoms with Crippen molar-refractivity contribution in [2.75, 3.05) is 26.3 Å². The first-order chi connectivity index (χ1) is 7.88. The van der Waals surface area contributed by atoms with E-state index >= 15 is 0 Å². The number of hydrogen-bond acceptors (Lipinski definition) is 3. The van der Waals surface area contributed by atoms with Gasteiger partial charge in [-0.2, -0.15) is 0 Å². The molecule has 0 bridgehead atoms. The van der Waals surface area contributed by atoms with Gasteiger partial charge in [0.1, 0.15) is 6.61 Å². The third kappa shape index (κ3) is 4.53. The van der Waals surface area contributed by atoms with E-state index < -0.39 is 0 Å². The highest BCUT2D eigenvalue weighted by Crippen LogP contribution is 2.25. The van der Waals surface area contributed by atoms with Gasteiger partial charge in [-0.3, -0.25) is 0 Å². The van der Waals surface area contributed by atoms with E-state index in [2.05, 4.69) is 12.2 Å². The van der Waals surface area contributed by atoms with E-state index in [1.807, 2.05) is 31.2 Å². The molecule has 1 aromatic rings. The van der Waals surface area contributed by atoms with Crippen molar-refractivity contribution in [1.82, 2.24) is 5.32 Å². The Balaban J connectivity index is 2.34. The Bertz CT molecular complexity index is 289. The van der Waals surface area contributed by atoms with Crippen molar-refractivity contribution in [3.05, 3.63) is 24.3 Å². The molecule has 0 spiro atoms. The molecule has 0 atom stereocenters. The minimum absolute atomic E-state index is 0.661. The first kappa shape index (κ1) is 12.8. The maximum Gasteiger partial charge on any atom is 0.161 e. The van der Waals surface area contributed by atoms with Crippen LogP contribution >= 0.6 is 0 Å². The lowest BCUT2D eigenvalue weighted by Gasteiger charge is -2.11. The fraction of sp³-hybridized carbons (Fsp3) is 0.538. The largest absolute Gasteiger partial charge is 0.490 e. The zero-order valence-electron chi connectivity index (χ0n) is 10.2. The van der Waals surface area contributed by atoms with Gasteiger partial charge in [0, 0.05) is 6.54 Å². The fourth-order valence-electron chi connectivity index (χ4n) is 1.38. The molecular formula is C13H21NO2. The monoisotopic (exact) mass is 223 g/mol. The third-order valence-corrected chi connectivity index (χ3v) is 2.11. The molecule has 1 rings (SSSR count). The van der Waals surface area contributed by atoms with E-state index in [1.54, 1.807) is 0 Å². The number of para-hydroxylation sites is 2. The average molecular weight is 223 g/mol. The fourth-order valence-corrected chi connectivity index (χ4v) is 1.38. The molecule has 0 amide bonds. The number of ether oxygens (including phenoxy) is 2. The summed E-state index contributed by atoms with van der Waals surface area (Å²) in [5, 5.41) is 3.29. The zero-order valence-corrected chi connectivity index (χ0v) is 10.2. The summed E-state index contributed by atoms with van der Waals surface area (Å²) in [6.45, 7) is 7.36. The van der Waals surface area contributed by atoms with Gasteiger partial charge in [-0.1, -0.05) is 19.1 Å². The molecule has 0 aliphatic heterocycles. The second kappa shape index (κ2) is 7.99. The van der Waals surface area contributed by atoms with E-state index in [4.69, 9.17) is 9.47 Å². The summed E-state index contributed by atoms with van der Waals surface area (Å²) in [5.74, 6) is 1.64. The average Bonchev–Trinajstić information content (AvgIpc) is 2.31. The van der Waals surface area contributed by atoms with E-state index in [0.29, 0.717) is 13.2 Å². The first-order valence-corrected chi connectivity index (χ1v) is 5.93. The quantitative estimate of drug-likeness (QED) is 0.687. The van der Waals surface area contributed by atoms with Crippen LogP contribution in [0.5, 0.6) is 11.5 Å². The zero-order chi connectivity index (χ0) is 11.6. The molecule has 0 unspecified atom stereocenters. The SMILES string of the molecule is CCCNCCOc1ccccc1OCC. The number of rotatable bonds is 8. The molecule has 0 heterocycles. The number of nitrogens with one attached hydrogen (secondary N) is 1. The lowest BCUT2D eigenvalue weighted by Crippen LogP contribution is -2.21. The Hall–Kier alpha value is -1.22. The van der Waals surface area contributed by atoms with Crippen LogP contribution in [0.15, 0.2) is 24.3 Å². The normalized spacial score (nSPS) is 10.1. The van der Waals surface area contributed by atoms with E-state index in [-0.39, 0.29) is 0 Å². The molecule has 1 aromatic carbocycles. The van der Waals surface area contributed by atoms with E-state index in [0.717, 1.165) is 31.0 Å². The summed E-state index contributed by atoms with van der Waals surface area (Å²) >= 11 is 0. The Morgan fingerprint density at radius 3 is 2.31 bits per heavy atom. The van der Waals surface area contributed by atoms with Crippen LogP contribution in [-0.2, 0) is 0 Å². The van der Waals surface area contributed by atoms with Gasteiger partial charge in [0.2, 0.25) is 0 Å². The third-order valence-electron chi connectivity index (χ3n) is 2.11. The summed E-state index contributed by atoms with van der Waals surface area (Å²) < 4.78 is 11.1. The van der Waals surface area contributed by atoms with Crippen LogP contribution in [0.4, 0.5) is 0 Å².